The highest BCUT2D eigenvalue weighted by Gasteiger charge is 2.21. The van der Waals surface area contributed by atoms with Gasteiger partial charge in [0.1, 0.15) is 5.75 Å². The first-order valence-corrected chi connectivity index (χ1v) is 6.98. The molecule has 1 aromatic carbocycles. The van der Waals surface area contributed by atoms with E-state index in [4.69, 9.17) is 9.84 Å². The van der Waals surface area contributed by atoms with Gasteiger partial charge in [-0.15, -0.1) is 0 Å². The number of carboxylic acid groups (broad SMARTS) is 1. The minimum Gasteiger partial charge on any atom is -0.496 e. The maximum absolute atomic E-state index is 11.9. The highest BCUT2D eigenvalue weighted by atomic mass is 16.5. The van der Waals surface area contributed by atoms with Crippen molar-refractivity contribution < 1.29 is 19.4 Å². The zero-order chi connectivity index (χ0) is 16.0. The van der Waals surface area contributed by atoms with E-state index >= 15 is 0 Å². The van der Waals surface area contributed by atoms with Gasteiger partial charge in [0, 0.05) is 6.54 Å². The average molecular weight is 293 g/mol. The molecule has 0 saturated heterocycles. The Morgan fingerprint density at radius 1 is 1.33 bits per heavy atom. The number of carbonyl (C=O) groups excluding carboxylic acids is 1. The predicted molar refractivity (Wildman–Crippen MR) is 80.4 cm³/mol. The second kappa shape index (κ2) is 7.67. The van der Waals surface area contributed by atoms with E-state index in [0.29, 0.717) is 0 Å². The number of methoxy groups -OCH3 is 1. The molecule has 0 bridgehead atoms. The molecule has 2 N–H and O–H groups in total. The monoisotopic (exact) mass is 293 g/mol. The zero-order valence-corrected chi connectivity index (χ0v) is 13.0. The molecule has 0 saturated carbocycles. The summed E-state index contributed by atoms with van der Waals surface area (Å²) in [6.45, 7) is 5.74. The Labute approximate surface area is 125 Å². The molecule has 116 valence electrons. The summed E-state index contributed by atoms with van der Waals surface area (Å²) in [5.41, 5.74) is 1.85. The molecule has 1 amide bonds. The van der Waals surface area contributed by atoms with Crippen molar-refractivity contribution in [3.05, 3.63) is 29.3 Å². The van der Waals surface area contributed by atoms with Gasteiger partial charge in [-0.05, 0) is 30.0 Å². The number of benzene rings is 1. The number of carboxylic acids is 1. The first-order valence-electron chi connectivity index (χ1n) is 6.98. The first kappa shape index (κ1) is 17.0. The van der Waals surface area contributed by atoms with E-state index in [1.165, 1.54) is 0 Å². The normalized spacial score (nSPS) is 12.0. The summed E-state index contributed by atoms with van der Waals surface area (Å²) in [6, 6.07) is 5.59. The summed E-state index contributed by atoms with van der Waals surface area (Å²) in [5.74, 6) is -0.926. The number of amides is 1. The maximum Gasteiger partial charge on any atom is 0.308 e. The minimum atomic E-state index is -0.887. The summed E-state index contributed by atoms with van der Waals surface area (Å²) < 4.78 is 5.22. The Balaban J connectivity index is 2.59. The number of rotatable bonds is 7. The Hall–Kier alpha value is -2.04. The zero-order valence-electron chi connectivity index (χ0n) is 13.0. The topological polar surface area (TPSA) is 75.6 Å². The third kappa shape index (κ3) is 5.10. The molecule has 1 unspecified atom stereocenters. The molecule has 0 radical (unpaired) electrons. The summed E-state index contributed by atoms with van der Waals surface area (Å²) in [6.07, 6.45) is 0.209. The summed E-state index contributed by atoms with van der Waals surface area (Å²) >= 11 is 0. The maximum atomic E-state index is 11.9. The quantitative estimate of drug-likeness (QED) is 0.806. The van der Waals surface area contributed by atoms with Gasteiger partial charge in [-0.1, -0.05) is 26.0 Å². The smallest absolute Gasteiger partial charge is 0.308 e. The second-order valence-electron chi connectivity index (χ2n) is 5.47. The highest BCUT2D eigenvalue weighted by Crippen LogP contribution is 2.19. The second-order valence-corrected chi connectivity index (χ2v) is 5.47. The van der Waals surface area contributed by atoms with Gasteiger partial charge in [-0.2, -0.15) is 0 Å². The van der Waals surface area contributed by atoms with Crippen molar-refractivity contribution in [3.8, 4) is 5.75 Å². The van der Waals surface area contributed by atoms with Gasteiger partial charge >= 0.3 is 5.97 Å². The number of hydrogen-bond acceptors (Lipinski definition) is 3. The molecule has 0 spiro atoms. The van der Waals surface area contributed by atoms with E-state index in [9.17, 15) is 9.59 Å². The van der Waals surface area contributed by atoms with Gasteiger partial charge in [0.05, 0.1) is 19.4 Å². The van der Waals surface area contributed by atoms with Gasteiger partial charge in [-0.3, -0.25) is 9.59 Å². The lowest BCUT2D eigenvalue weighted by Crippen LogP contribution is -2.36. The van der Waals surface area contributed by atoms with Gasteiger partial charge in [0.15, 0.2) is 0 Å². The molecule has 0 heterocycles. The predicted octanol–water partition coefficient (Wildman–Crippen LogP) is 2.02. The molecule has 21 heavy (non-hydrogen) atoms. The molecule has 1 atom stereocenters. The highest BCUT2D eigenvalue weighted by molar-refractivity contribution is 5.79. The van der Waals surface area contributed by atoms with Crippen LogP contribution in [0.4, 0.5) is 0 Å². The molecule has 5 heteroatoms. The molecule has 1 rings (SSSR count). The Morgan fingerprint density at radius 2 is 2.00 bits per heavy atom. The number of nitrogens with one attached hydrogen (secondary N) is 1. The average Bonchev–Trinajstić information content (AvgIpc) is 2.40. The molecule has 0 aliphatic heterocycles. The Bertz CT molecular complexity index is 511. The first-order chi connectivity index (χ1) is 9.85. The van der Waals surface area contributed by atoms with Crippen molar-refractivity contribution in [2.45, 2.75) is 27.2 Å². The molecule has 0 fully saturated rings. The van der Waals surface area contributed by atoms with Gasteiger partial charge in [-0.25, -0.2) is 0 Å². The van der Waals surface area contributed by atoms with E-state index in [-0.39, 0.29) is 24.8 Å². The Morgan fingerprint density at radius 3 is 2.52 bits per heavy atom. The minimum absolute atomic E-state index is 0.0257. The largest absolute Gasteiger partial charge is 0.496 e. The van der Waals surface area contributed by atoms with Crippen LogP contribution in [-0.2, 0) is 16.0 Å². The van der Waals surface area contributed by atoms with Crippen molar-refractivity contribution in [2.24, 2.45) is 11.8 Å². The number of aliphatic carboxylic acids is 1. The summed E-state index contributed by atoms with van der Waals surface area (Å²) in [7, 11) is 1.59. The summed E-state index contributed by atoms with van der Waals surface area (Å²) in [5, 5.41) is 11.8. The summed E-state index contributed by atoms with van der Waals surface area (Å²) in [4.78, 5) is 23.0. The number of hydrogen-bond donors (Lipinski definition) is 2. The van der Waals surface area contributed by atoms with E-state index in [0.717, 1.165) is 16.9 Å². The Kier molecular flexibility index (Phi) is 6.21. The van der Waals surface area contributed by atoms with Crippen molar-refractivity contribution in [2.75, 3.05) is 13.7 Å². The van der Waals surface area contributed by atoms with Crippen molar-refractivity contribution in [1.29, 1.82) is 0 Å². The van der Waals surface area contributed by atoms with Crippen LogP contribution in [0, 0.1) is 18.8 Å². The lowest BCUT2D eigenvalue weighted by atomic mass is 9.96. The number of aryl methyl sites for hydroxylation is 1. The van der Waals surface area contributed by atoms with Gasteiger partial charge in [0.25, 0.3) is 0 Å². The molecule has 5 nitrogen and oxygen atoms in total. The van der Waals surface area contributed by atoms with Crippen LogP contribution in [-0.4, -0.2) is 30.6 Å². The van der Waals surface area contributed by atoms with E-state index in [1.54, 1.807) is 7.11 Å². The standard InChI is InChI=1S/C16H23NO4/c1-10(2)13(16(19)20)9-17-15(18)8-12-6-5-11(3)14(7-12)21-4/h5-7,10,13H,8-9H2,1-4H3,(H,17,18)(H,19,20). The molecular weight excluding hydrogens is 270 g/mol. The van der Waals surface area contributed by atoms with Crippen molar-refractivity contribution in [1.82, 2.24) is 5.32 Å². The van der Waals surface area contributed by atoms with Crippen molar-refractivity contribution >= 4 is 11.9 Å². The fraction of sp³-hybridized carbons (Fsp3) is 0.500. The van der Waals surface area contributed by atoms with Crippen LogP contribution in [0.5, 0.6) is 5.75 Å². The van der Waals surface area contributed by atoms with Crippen LogP contribution in [0.2, 0.25) is 0 Å². The fourth-order valence-electron chi connectivity index (χ4n) is 2.05. The van der Waals surface area contributed by atoms with Crippen LogP contribution < -0.4 is 10.1 Å². The number of ether oxygens (including phenoxy) is 1. The molecule has 0 aliphatic carbocycles. The van der Waals surface area contributed by atoms with Crippen LogP contribution in [0.15, 0.2) is 18.2 Å². The van der Waals surface area contributed by atoms with Crippen molar-refractivity contribution in [3.63, 3.8) is 0 Å². The SMILES string of the molecule is COc1cc(CC(=O)NCC(C(=O)O)C(C)C)ccc1C. The lowest BCUT2D eigenvalue weighted by Gasteiger charge is -2.16. The van der Waals surface area contributed by atoms with Crippen LogP contribution in [0.1, 0.15) is 25.0 Å². The van der Waals surface area contributed by atoms with Gasteiger partial charge in [0.2, 0.25) is 5.91 Å². The fourth-order valence-corrected chi connectivity index (χ4v) is 2.05. The third-order valence-corrected chi connectivity index (χ3v) is 3.48. The molecule has 1 aromatic rings. The number of carbonyl (C=O) groups is 2. The van der Waals surface area contributed by atoms with Crippen LogP contribution >= 0.6 is 0 Å². The third-order valence-electron chi connectivity index (χ3n) is 3.48. The molecular formula is C16H23NO4. The van der Waals surface area contributed by atoms with Gasteiger partial charge < -0.3 is 15.2 Å². The molecule has 0 aliphatic rings. The van der Waals surface area contributed by atoms with E-state index in [2.05, 4.69) is 5.32 Å². The molecule has 0 aromatic heterocycles. The van der Waals surface area contributed by atoms with E-state index < -0.39 is 11.9 Å². The lowest BCUT2D eigenvalue weighted by molar-refractivity contribution is -0.143. The van der Waals surface area contributed by atoms with Crippen LogP contribution in [0.25, 0.3) is 0 Å². The van der Waals surface area contributed by atoms with Crippen LogP contribution in [0.3, 0.4) is 0 Å². The van der Waals surface area contributed by atoms with E-state index in [1.807, 2.05) is 39.0 Å².